The Bertz CT molecular complexity index is 646. The molecule has 0 aliphatic carbocycles. The van der Waals surface area contributed by atoms with Crippen molar-refractivity contribution >= 4 is 23.3 Å². The van der Waals surface area contributed by atoms with Crippen LogP contribution < -0.4 is 5.32 Å². The van der Waals surface area contributed by atoms with Crippen LogP contribution in [0, 0.1) is 5.82 Å². The van der Waals surface area contributed by atoms with Gasteiger partial charge < -0.3 is 10.1 Å². The molecule has 1 N–H and O–H groups in total. The van der Waals surface area contributed by atoms with Crippen molar-refractivity contribution in [1.82, 2.24) is 0 Å². The normalized spacial score (nSPS) is 10.2. The van der Waals surface area contributed by atoms with E-state index in [-0.39, 0.29) is 11.8 Å². The Morgan fingerprint density at radius 3 is 2.81 bits per heavy atom. The molecule has 2 aromatic rings. The Balaban J connectivity index is 2.06. The summed E-state index contributed by atoms with van der Waals surface area (Å²) < 4.78 is 17.9. The van der Waals surface area contributed by atoms with E-state index in [1.165, 1.54) is 12.1 Å². The minimum Gasteiger partial charge on any atom is -0.462 e. The fourth-order valence-corrected chi connectivity index (χ4v) is 2.07. The van der Waals surface area contributed by atoms with E-state index in [4.69, 9.17) is 16.3 Å². The molecule has 0 aromatic heterocycles. The predicted octanol–water partition coefficient (Wildman–Crippen LogP) is 4.27. The van der Waals surface area contributed by atoms with Gasteiger partial charge in [-0.2, -0.15) is 0 Å². The van der Waals surface area contributed by atoms with Gasteiger partial charge in [-0.1, -0.05) is 23.7 Å². The highest BCUT2D eigenvalue weighted by Gasteiger charge is 2.07. The first-order valence-electron chi connectivity index (χ1n) is 6.55. The van der Waals surface area contributed by atoms with Crippen LogP contribution in [0.4, 0.5) is 10.1 Å². The zero-order valence-corrected chi connectivity index (χ0v) is 12.3. The van der Waals surface area contributed by atoms with Crippen LogP contribution in [0.3, 0.4) is 0 Å². The van der Waals surface area contributed by atoms with Gasteiger partial charge in [0.1, 0.15) is 5.82 Å². The molecule has 0 amide bonds. The number of hydrogen-bond acceptors (Lipinski definition) is 3. The van der Waals surface area contributed by atoms with Gasteiger partial charge in [-0.05, 0) is 42.8 Å². The molecule has 0 atom stereocenters. The second-order valence-corrected chi connectivity index (χ2v) is 4.80. The van der Waals surface area contributed by atoms with Gasteiger partial charge in [-0.3, -0.25) is 0 Å². The molecule has 0 unspecified atom stereocenters. The summed E-state index contributed by atoms with van der Waals surface area (Å²) in [6, 6.07) is 11.2. The molecular weight excluding hydrogens is 293 g/mol. The van der Waals surface area contributed by atoms with Crippen LogP contribution in [0.25, 0.3) is 0 Å². The number of nitrogens with one attached hydrogen (secondary N) is 1. The van der Waals surface area contributed by atoms with E-state index in [2.05, 4.69) is 5.32 Å². The lowest BCUT2D eigenvalue weighted by Gasteiger charge is -2.09. The predicted molar refractivity (Wildman–Crippen MR) is 81.1 cm³/mol. The Hall–Kier alpha value is -2.07. The number of carbonyl (C=O) groups excluding carboxylic acids is 1. The fourth-order valence-electron chi connectivity index (χ4n) is 1.83. The number of rotatable bonds is 5. The van der Waals surface area contributed by atoms with Gasteiger partial charge in [0.15, 0.2) is 0 Å². The lowest BCUT2D eigenvalue weighted by Crippen LogP contribution is -2.06. The molecule has 0 spiro atoms. The molecule has 0 saturated carbocycles. The molecule has 0 bridgehead atoms. The van der Waals surface area contributed by atoms with Crippen LogP contribution in [0.15, 0.2) is 42.5 Å². The maximum Gasteiger partial charge on any atom is 0.338 e. The van der Waals surface area contributed by atoms with E-state index in [9.17, 15) is 9.18 Å². The minimum atomic E-state index is -0.368. The zero-order chi connectivity index (χ0) is 15.2. The minimum absolute atomic E-state index is 0.335. The van der Waals surface area contributed by atoms with Crippen LogP contribution >= 0.6 is 11.6 Å². The van der Waals surface area contributed by atoms with Crippen LogP contribution in [0.5, 0.6) is 0 Å². The molecule has 0 aliphatic heterocycles. The molecule has 0 heterocycles. The largest absolute Gasteiger partial charge is 0.462 e. The highest BCUT2D eigenvalue weighted by Crippen LogP contribution is 2.19. The van der Waals surface area contributed by atoms with Gasteiger partial charge >= 0.3 is 5.97 Å². The van der Waals surface area contributed by atoms with Crippen molar-refractivity contribution in [3.8, 4) is 0 Å². The number of hydrogen-bond donors (Lipinski definition) is 1. The third kappa shape index (κ3) is 4.20. The van der Waals surface area contributed by atoms with Crippen LogP contribution in [-0.4, -0.2) is 12.6 Å². The molecule has 0 saturated heterocycles. The number of benzene rings is 2. The van der Waals surface area contributed by atoms with Gasteiger partial charge in [-0.15, -0.1) is 0 Å². The summed E-state index contributed by atoms with van der Waals surface area (Å²) in [6.07, 6.45) is 0. The lowest BCUT2D eigenvalue weighted by molar-refractivity contribution is 0.0526. The fraction of sp³-hybridized carbons (Fsp3) is 0.188. The van der Waals surface area contributed by atoms with E-state index >= 15 is 0 Å². The van der Waals surface area contributed by atoms with Gasteiger partial charge in [0, 0.05) is 17.3 Å². The molecule has 0 aliphatic rings. The summed E-state index contributed by atoms with van der Waals surface area (Å²) in [5.74, 6) is -0.728. The summed E-state index contributed by atoms with van der Waals surface area (Å²) in [5, 5.41) is 3.51. The summed E-state index contributed by atoms with van der Waals surface area (Å²) >= 11 is 5.96. The van der Waals surface area contributed by atoms with E-state index in [1.54, 1.807) is 31.2 Å². The standard InChI is InChI=1S/C16H15ClFNO2/c1-2-21-16(20)11-4-3-5-14(8-11)19-10-12-6-7-13(18)9-15(12)17/h3-9,19H,2,10H2,1H3. The molecule has 3 nitrogen and oxygen atoms in total. The highest BCUT2D eigenvalue weighted by atomic mass is 35.5. The SMILES string of the molecule is CCOC(=O)c1cccc(NCc2ccc(F)cc2Cl)c1. The first-order chi connectivity index (χ1) is 10.1. The molecule has 21 heavy (non-hydrogen) atoms. The third-order valence-electron chi connectivity index (χ3n) is 2.87. The number of ether oxygens (including phenoxy) is 1. The zero-order valence-electron chi connectivity index (χ0n) is 11.5. The summed E-state index contributed by atoms with van der Waals surface area (Å²) in [7, 11) is 0. The Kier molecular flexibility index (Phi) is 5.17. The maximum atomic E-state index is 13.0. The Morgan fingerprint density at radius 2 is 2.10 bits per heavy atom. The number of halogens is 2. The first-order valence-corrected chi connectivity index (χ1v) is 6.93. The number of carbonyl (C=O) groups is 1. The van der Waals surface area contributed by atoms with E-state index in [0.717, 1.165) is 11.3 Å². The molecule has 0 radical (unpaired) electrons. The summed E-state index contributed by atoms with van der Waals surface area (Å²) in [6.45, 7) is 2.53. The van der Waals surface area contributed by atoms with Gasteiger partial charge in [0.2, 0.25) is 0 Å². The van der Waals surface area contributed by atoms with E-state index < -0.39 is 0 Å². The average Bonchev–Trinajstić information content (AvgIpc) is 2.47. The second kappa shape index (κ2) is 7.09. The van der Waals surface area contributed by atoms with Crippen molar-refractivity contribution in [1.29, 1.82) is 0 Å². The summed E-state index contributed by atoms with van der Waals surface area (Å²) in [5.41, 5.74) is 2.02. The topological polar surface area (TPSA) is 38.3 Å². The molecule has 2 aromatic carbocycles. The highest BCUT2D eigenvalue weighted by molar-refractivity contribution is 6.31. The van der Waals surface area contributed by atoms with E-state index in [1.807, 2.05) is 6.07 Å². The van der Waals surface area contributed by atoms with Gasteiger partial charge in [0.05, 0.1) is 12.2 Å². The number of esters is 1. The molecule has 2 rings (SSSR count). The second-order valence-electron chi connectivity index (χ2n) is 4.39. The molecule has 5 heteroatoms. The van der Waals surface area contributed by atoms with Crippen molar-refractivity contribution in [2.45, 2.75) is 13.5 Å². The van der Waals surface area contributed by atoms with E-state index in [0.29, 0.717) is 23.7 Å². The first kappa shape index (κ1) is 15.3. The van der Waals surface area contributed by atoms with Crippen LogP contribution in [0.2, 0.25) is 5.02 Å². The molecule has 110 valence electrons. The summed E-state index contributed by atoms with van der Waals surface area (Å²) in [4.78, 5) is 11.6. The van der Waals surface area contributed by atoms with Crippen molar-refractivity contribution in [2.75, 3.05) is 11.9 Å². The van der Waals surface area contributed by atoms with Crippen molar-refractivity contribution in [3.63, 3.8) is 0 Å². The lowest BCUT2D eigenvalue weighted by atomic mass is 10.2. The van der Waals surface area contributed by atoms with Crippen molar-refractivity contribution in [3.05, 3.63) is 64.4 Å². The number of anilines is 1. The molecular formula is C16H15ClFNO2. The molecule has 0 fully saturated rings. The van der Waals surface area contributed by atoms with Crippen molar-refractivity contribution < 1.29 is 13.9 Å². The van der Waals surface area contributed by atoms with Crippen LogP contribution in [0.1, 0.15) is 22.8 Å². The Morgan fingerprint density at radius 1 is 1.29 bits per heavy atom. The van der Waals surface area contributed by atoms with Crippen molar-refractivity contribution in [2.24, 2.45) is 0 Å². The monoisotopic (exact) mass is 307 g/mol. The van der Waals surface area contributed by atoms with Crippen LogP contribution in [-0.2, 0) is 11.3 Å². The smallest absolute Gasteiger partial charge is 0.338 e. The maximum absolute atomic E-state index is 13.0. The third-order valence-corrected chi connectivity index (χ3v) is 3.22. The average molecular weight is 308 g/mol. The van der Waals surface area contributed by atoms with Gasteiger partial charge in [0.25, 0.3) is 0 Å². The quantitative estimate of drug-likeness (QED) is 0.838. The van der Waals surface area contributed by atoms with Gasteiger partial charge in [-0.25, -0.2) is 9.18 Å². The Labute approximate surface area is 127 Å².